The maximum atomic E-state index is 13.1. The Hall–Kier alpha value is -4.22. The van der Waals surface area contributed by atoms with E-state index in [0.29, 0.717) is 5.56 Å². The van der Waals surface area contributed by atoms with E-state index >= 15 is 0 Å². The number of benzene rings is 2. The van der Waals surface area contributed by atoms with E-state index in [1.807, 2.05) is 24.3 Å². The van der Waals surface area contributed by atoms with E-state index in [-0.39, 0.29) is 19.4 Å². The monoisotopic (exact) mass is 509 g/mol. The molecular formula is C26H31N5O6. The maximum absolute atomic E-state index is 13.1. The van der Waals surface area contributed by atoms with Crippen molar-refractivity contribution in [2.75, 3.05) is 6.54 Å². The molecule has 37 heavy (non-hydrogen) atoms. The normalized spacial score (nSPS) is 14.2. The summed E-state index contributed by atoms with van der Waals surface area (Å²) in [4.78, 5) is 53.0. The molecule has 4 atom stereocenters. The first-order valence-electron chi connectivity index (χ1n) is 11.8. The molecule has 2 aromatic carbocycles. The van der Waals surface area contributed by atoms with Crippen molar-refractivity contribution in [1.29, 1.82) is 0 Å². The number of nitrogens with two attached hydrogens (primary N) is 1. The van der Waals surface area contributed by atoms with Crippen LogP contribution >= 0.6 is 0 Å². The lowest BCUT2D eigenvalue weighted by Crippen LogP contribution is -2.59. The molecule has 3 amide bonds. The second-order valence-electron chi connectivity index (χ2n) is 8.70. The third-order valence-electron chi connectivity index (χ3n) is 5.90. The predicted octanol–water partition coefficient (Wildman–Crippen LogP) is -0.168. The zero-order valence-electron chi connectivity index (χ0n) is 20.3. The first-order valence-corrected chi connectivity index (χ1v) is 11.8. The van der Waals surface area contributed by atoms with Crippen LogP contribution in [-0.4, -0.2) is 69.7 Å². The minimum atomic E-state index is -1.47. The highest BCUT2D eigenvalue weighted by Gasteiger charge is 2.32. The average molecular weight is 510 g/mol. The van der Waals surface area contributed by atoms with Crippen molar-refractivity contribution in [3.05, 3.63) is 71.9 Å². The molecule has 0 aliphatic carbocycles. The van der Waals surface area contributed by atoms with E-state index in [0.717, 1.165) is 16.5 Å². The Balaban J connectivity index is 1.74. The second-order valence-corrected chi connectivity index (χ2v) is 8.70. The van der Waals surface area contributed by atoms with Crippen LogP contribution in [0.4, 0.5) is 0 Å². The Morgan fingerprint density at radius 3 is 2.22 bits per heavy atom. The molecule has 4 unspecified atom stereocenters. The van der Waals surface area contributed by atoms with Gasteiger partial charge in [0.25, 0.3) is 0 Å². The fraction of sp³-hybridized carbons (Fsp3) is 0.308. The Kier molecular flexibility index (Phi) is 9.36. The quantitative estimate of drug-likeness (QED) is 0.177. The fourth-order valence-electron chi connectivity index (χ4n) is 3.95. The lowest BCUT2D eigenvalue weighted by atomic mass is 10.0. The van der Waals surface area contributed by atoms with E-state index in [4.69, 9.17) is 5.73 Å². The van der Waals surface area contributed by atoms with Crippen LogP contribution in [0, 0.1) is 0 Å². The third-order valence-corrected chi connectivity index (χ3v) is 5.90. The van der Waals surface area contributed by atoms with E-state index in [9.17, 15) is 29.4 Å². The summed E-state index contributed by atoms with van der Waals surface area (Å²) in [5, 5.41) is 28.2. The molecule has 0 bridgehead atoms. The second kappa shape index (κ2) is 12.7. The molecule has 0 aliphatic rings. The van der Waals surface area contributed by atoms with Crippen LogP contribution in [0.5, 0.6) is 0 Å². The predicted molar refractivity (Wildman–Crippen MR) is 136 cm³/mol. The molecule has 196 valence electrons. The zero-order valence-corrected chi connectivity index (χ0v) is 20.3. The lowest BCUT2D eigenvalue weighted by molar-refractivity contribution is -0.143. The summed E-state index contributed by atoms with van der Waals surface area (Å²) >= 11 is 0. The number of fused-ring (bicyclic) bond motifs is 1. The number of carbonyl (C=O) groups is 4. The average Bonchev–Trinajstić information content (AvgIpc) is 3.29. The van der Waals surface area contributed by atoms with Crippen LogP contribution in [-0.2, 0) is 32.0 Å². The van der Waals surface area contributed by atoms with Crippen LogP contribution in [0.15, 0.2) is 60.8 Å². The summed E-state index contributed by atoms with van der Waals surface area (Å²) in [5.41, 5.74) is 7.64. The number of amides is 3. The van der Waals surface area contributed by atoms with E-state index in [1.165, 1.54) is 6.92 Å². The number of carbonyl (C=O) groups excluding carboxylic acids is 3. The number of H-pyrrole nitrogens is 1. The van der Waals surface area contributed by atoms with Gasteiger partial charge in [-0.2, -0.15) is 0 Å². The smallest absolute Gasteiger partial charge is 0.326 e. The summed E-state index contributed by atoms with van der Waals surface area (Å²) in [5.74, 6) is -3.44. The van der Waals surface area contributed by atoms with Crippen LogP contribution in [0.2, 0.25) is 0 Å². The van der Waals surface area contributed by atoms with Gasteiger partial charge >= 0.3 is 5.97 Å². The summed E-state index contributed by atoms with van der Waals surface area (Å²) in [6.07, 6.45) is 0.420. The third kappa shape index (κ3) is 7.38. The summed E-state index contributed by atoms with van der Waals surface area (Å²) in [6.45, 7) is 0.956. The number of carboxylic acids is 1. The number of aliphatic hydroxyl groups excluding tert-OH is 1. The minimum Gasteiger partial charge on any atom is -0.480 e. The van der Waals surface area contributed by atoms with Gasteiger partial charge in [0, 0.05) is 29.9 Å². The van der Waals surface area contributed by atoms with Crippen LogP contribution in [0.3, 0.4) is 0 Å². The molecule has 0 fully saturated rings. The van der Waals surface area contributed by atoms with Gasteiger partial charge in [-0.25, -0.2) is 4.79 Å². The number of aromatic nitrogens is 1. The van der Waals surface area contributed by atoms with Crippen LogP contribution in [0.1, 0.15) is 18.1 Å². The minimum absolute atomic E-state index is 0.0191. The van der Waals surface area contributed by atoms with Gasteiger partial charge < -0.3 is 36.9 Å². The SMILES string of the molecule is CC(O)C(NC(=O)C(Cc1ccccc1)NC(=O)CN)C(=O)NC(Cc1c[nH]c2ccccc12)C(=O)O. The van der Waals surface area contributed by atoms with E-state index < -0.39 is 47.9 Å². The molecule has 1 heterocycles. The first-order chi connectivity index (χ1) is 17.7. The molecule has 3 rings (SSSR count). The molecule has 11 nitrogen and oxygen atoms in total. The molecule has 0 radical (unpaired) electrons. The van der Waals surface area contributed by atoms with Gasteiger partial charge in [0.05, 0.1) is 12.6 Å². The molecule has 1 aromatic heterocycles. The van der Waals surface area contributed by atoms with Crippen LogP contribution < -0.4 is 21.7 Å². The van der Waals surface area contributed by atoms with Gasteiger partial charge in [0.15, 0.2) is 0 Å². The maximum Gasteiger partial charge on any atom is 0.326 e. The standard InChI is InChI=1S/C26H31N5O6/c1-15(32)23(31-24(34)20(29-22(33)13-27)11-16-7-3-2-4-8-16)25(35)30-21(26(36)37)12-17-14-28-19-10-6-5-9-18(17)19/h2-10,14-15,20-21,23,28,32H,11-13,27H2,1H3,(H,29,33)(H,30,35)(H,31,34)(H,36,37). The summed E-state index contributed by atoms with van der Waals surface area (Å²) < 4.78 is 0. The number of para-hydroxylation sites is 1. The van der Waals surface area contributed by atoms with Crippen molar-refractivity contribution >= 4 is 34.6 Å². The number of hydrogen-bond acceptors (Lipinski definition) is 6. The molecular weight excluding hydrogens is 478 g/mol. The lowest BCUT2D eigenvalue weighted by Gasteiger charge is -2.26. The largest absolute Gasteiger partial charge is 0.480 e. The highest BCUT2D eigenvalue weighted by atomic mass is 16.4. The number of aromatic amines is 1. The highest BCUT2D eigenvalue weighted by Crippen LogP contribution is 2.19. The number of nitrogens with one attached hydrogen (secondary N) is 4. The Morgan fingerprint density at radius 1 is 0.892 bits per heavy atom. The van der Waals surface area contributed by atoms with Crippen LogP contribution in [0.25, 0.3) is 10.9 Å². The fourth-order valence-corrected chi connectivity index (χ4v) is 3.95. The van der Waals surface area contributed by atoms with Gasteiger partial charge in [0.2, 0.25) is 17.7 Å². The Bertz CT molecular complexity index is 1240. The molecule has 0 spiro atoms. The summed E-state index contributed by atoms with van der Waals surface area (Å²) in [6, 6.07) is 12.4. The van der Waals surface area contributed by atoms with Gasteiger partial charge in [-0.3, -0.25) is 14.4 Å². The van der Waals surface area contributed by atoms with E-state index in [2.05, 4.69) is 20.9 Å². The van der Waals surface area contributed by atoms with Crippen molar-refractivity contribution in [3.63, 3.8) is 0 Å². The summed E-state index contributed by atoms with van der Waals surface area (Å²) in [7, 11) is 0. The van der Waals surface area contributed by atoms with Crippen molar-refractivity contribution < 1.29 is 29.4 Å². The molecule has 3 aromatic rings. The molecule has 11 heteroatoms. The number of aliphatic hydroxyl groups is 1. The number of hydrogen-bond donors (Lipinski definition) is 7. The van der Waals surface area contributed by atoms with Crippen molar-refractivity contribution in [1.82, 2.24) is 20.9 Å². The molecule has 0 saturated carbocycles. The van der Waals surface area contributed by atoms with Gasteiger partial charge in [-0.1, -0.05) is 48.5 Å². The van der Waals surface area contributed by atoms with Crippen molar-refractivity contribution in [2.45, 2.75) is 44.0 Å². The first kappa shape index (κ1) is 27.4. The van der Waals surface area contributed by atoms with Gasteiger partial charge in [0.1, 0.15) is 18.1 Å². The number of carboxylic acid groups (broad SMARTS) is 1. The Labute approximate surface area is 213 Å². The van der Waals surface area contributed by atoms with Gasteiger partial charge in [-0.05, 0) is 24.1 Å². The number of aliphatic carboxylic acids is 1. The number of rotatable bonds is 12. The molecule has 0 saturated heterocycles. The topological polar surface area (TPSA) is 187 Å². The highest BCUT2D eigenvalue weighted by molar-refractivity contribution is 5.94. The van der Waals surface area contributed by atoms with Crippen molar-refractivity contribution in [2.24, 2.45) is 5.73 Å². The zero-order chi connectivity index (χ0) is 26.9. The van der Waals surface area contributed by atoms with E-state index in [1.54, 1.807) is 36.5 Å². The molecule has 0 aliphatic heterocycles. The van der Waals surface area contributed by atoms with Gasteiger partial charge in [-0.15, -0.1) is 0 Å². The molecule has 8 N–H and O–H groups in total. The van der Waals surface area contributed by atoms with Crippen molar-refractivity contribution in [3.8, 4) is 0 Å². The Morgan fingerprint density at radius 2 is 1.57 bits per heavy atom.